The van der Waals surface area contributed by atoms with E-state index in [9.17, 15) is 8.42 Å². The number of aromatic amines is 1. The van der Waals surface area contributed by atoms with Gasteiger partial charge in [0.1, 0.15) is 10.5 Å². The van der Waals surface area contributed by atoms with Gasteiger partial charge in [0.25, 0.3) is 0 Å². The van der Waals surface area contributed by atoms with Crippen LogP contribution in [0.15, 0.2) is 29.4 Å². The predicted molar refractivity (Wildman–Crippen MR) is 76.9 cm³/mol. The van der Waals surface area contributed by atoms with Gasteiger partial charge in [-0.15, -0.1) is 0 Å². The molecule has 1 aliphatic rings. The second-order valence-electron chi connectivity index (χ2n) is 5.24. The van der Waals surface area contributed by atoms with Gasteiger partial charge >= 0.3 is 0 Å². The first-order valence-corrected chi connectivity index (χ1v) is 8.12. The fourth-order valence-electron chi connectivity index (χ4n) is 2.85. The molecule has 0 spiro atoms. The highest BCUT2D eigenvalue weighted by Crippen LogP contribution is 2.27. The molecule has 3 rings (SSSR count). The van der Waals surface area contributed by atoms with Crippen molar-refractivity contribution < 1.29 is 8.42 Å². The summed E-state index contributed by atoms with van der Waals surface area (Å²) in [5, 5.41) is 3.89. The Hall–Kier alpha value is -1.44. The summed E-state index contributed by atoms with van der Waals surface area (Å²) >= 11 is 0. The third-order valence-electron chi connectivity index (χ3n) is 3.72. The molecule has 108 valence electrons. The minimum Gasteiger partial charge on any atom is -0.345 e. The summed E-state index contributed by atoms with van der Waals surface area (Å²) in [6.07, 6.45) is 3.18. The zero-order chi connectivity index (χ0) is 14.3. The molecule has 2 N–H and O–H groups in total. The molecule has 20 heavy (non-hydrogen) atoms. The molecule has 0 aliphatic carbocycles. The van der Waals surface area contributed by atoms with Crippen LogP contribution >= 0.6 is 0 Å². The number of pyridine rings is 1. The first-order valence-electron chi connectivity index (χ1n) is 6.68. The van der Waals surface area contributed by atoms with E-state index in [1.807, 2.05) is 13.8 Å². The number of nitrogens with zero attached hydrogens (tertiary/aromatic N) is 2. The zero-order valence-corrected chi connectivity index (χ0v) is 12.3. The van der Waals surface area contributed by atoms with Gasteiger partial charge in [-0.3, -0.25) is 0 Å². The van der Waals surface area contributed by atoms with Crippen LogP contribution in [0.5, 0.6) is 0 Å². The van der Waals surface area contributed by atoms with Crippen LogP contribution in [0, 0.1) is 0 Å². The number of nitrogens with one attached hydrogen (secondary N) is 2. The van der Waals surface area contributed by atoms with Gasteiger partial charge in [-0.2, -0.15) is 4.31 Å². The van der Waals surface area contributed by atoms with Crippen molar-refractivity contribution >= 4 is 21.1 Å². The average molecular weight is 294 g/mol. The van der Waals surface area contributed by atoms with E-state index >= 15 is 0 Å². The monoisotopic (exact) mass is 294 g/mol. The lowest BCUT2D eigenvalue weighted by molar-refractivity contribution is 0.220. The molecule has 1 saturated heterocycles. The molecule has 0 radical (unpaired) electrons. The zero-order valence-electron chi connectivity index (χ0n) is 11.5. The van der Waals surface area contributed by atoms with E-state index in [1.165, 1.54) is 6.20 Å². The number of sulfonamides is 1. The van der Waals surface area contributed by atoms with Crippen molar-refractivity contribution in [1.82, 2.24) is 19.6 Å². The van der Waals surface area contributed by atoms with Gasteiger partial charge in [-0.05, 0) is 26.0 Å². The Morgan fingerprint density at radius 3 is 2.70 bits per heavy atom. The molecule has 1 aliphatic heterocycles. The first-order chi connectivity index (χ1) is 9.51. The number of rotatable bonds is 2. The Bertz CT molecular complexity index is 715. The smallest absolute Gasteiger partial charge is 0.245 e. The fourth-order valence-corrected chi connectivity index (χ4v) is 4.82. The molecule has 2 atom stereocenters. The molecular formula is C13H18N4O2S. The average Bonchev–Trinajstić information content (AvgIpc) is 2.82. The first kappa shape index (κ1) is 13.5. The van der Waals surface area contributed by atoms with Crippen LogP contribution in [0.2, 0.25) is 0 Å². The van der Waals surface area contributed by atoms with Crippen molar-refractivity contribution in [3.63, 3.8) is 0 Å². The molecule has 0 aromatic carbocycles. The van der Waals surface area contributed by atoms with Crippen LogP contribution < -0.4 is 5.32 Å². The molecule has 6 nitrogen and oxygen atoms in total. The van der Waals surface area contributed by atoms with Gasteiger partial charge in [-0.1, -0.05) is 0 Å². The lowest BCUT2D eigenvalue weighted by Gasteiger charge is -2.37. The minimum atomic E-state index is -3.52. The Morgan fingerprint density at radius 2 is 2.00 bits per heavy atom. The van der Waals surface area contributed by atoms with E-state index in [4.69, 9.17) is 0 Å². The molecule has 2 unspecified atom stereocenters. The van der Waals surface area contributed by atoms with Gasteiger partial charge in [0, 0.05) is 43.0 Å². The van der Waals surface area contributed by atoms with Gasteiger partial charge in [-0.25, -0.2) is 13.4 Å². The van der Waals surface area contributed by atoms with E-state index in [2.05, 4.69) is 15.3 Å². The summed E-state index contributed by atoms with van der Waals surface area (Å²) in [5.41, 5.74) is 0.599. The molecule has 3 heterocycles. The highest BCUT2D eigenvalue weighted by Gasteiger charge is 2.36. The van der Waals surface area contributed by atoms with Crippen LogP contribution in [-0.4, -0.2) is 47.9 Å². The lowest BCUT2D eigenvalue weighted by Crippen LogP contribution is -2.56. The maximum absolute atomic E-state index is 12.9. The number of H-pyrrole nitrogens is 1. The summed E-state index contributed by atoms with van der Waals surface area (Å²) in [6, 6.07) is 3.40. The third kappa shape index (κ3) is 2.02. The van der Waals surface area contributed by atoms with Crippen molar-refractivity contribution in [3.05, 3.63) is 24.5 Å². The third-order valence-corrected chi connectivity index (χ3v) is 5.89. The van der Waals surface area contributed by atoms with Gasteiger partial charge in [0.2, 0.25) is 10.0 Å². The van der Waals surface area contributed by atoms with E-state index in [0.29, 0.717) is 29.0 Å². The molecule has 0 amide bonds. The van der Waals surface area contributed by atoms with E-state index in [-0.39, 0.29) is 12.1 Å². The van der Waals surface area contributed by atoms with E-state index in [1.54, 1.807) is 22.6 Å². The van der Waals surface area contributed by atoms with Gasteiger partial charge < -0.3 is 10.3 Å². The Labute approximate surface area is 118 Å². The molecule has 7 heteroatoms. The maximum atomic E-state index is 12.9. The minimum absolute atomic E-state index is 0.0645. The quantitative estimate of drug-likeness (QED) is 0.864. The van der Waals surface area contributed by atoms with Gasteiger partial charge in [0.05, 0.1) is 0 Å². The SMILES string of the molecule is CC1CNCC(C)N1S(=O)(=O)c1c[nH]c2ncccc12. The number of hydrogen-bond acceptors (Lipinski definition) is 4. The van der Waals surface area contributed by atoms with E-state index in [0.717, 1.165) is 0 Å². The van der Waals surface area contributed by atoms with Gasteiger partial charge in [0.15, 0.2) is 0 Å². The van der Waals surface area contributed by atoms with Crippen LogP contribution in [-0.2, 0) is 10.0 Å². The standard InChI is InChI=1S/C13H18N4O2S/c1-9-6-14-7-10(2)17(9)20(18,19)12-8-16-13-11(12)4-3-5-15-13/h3-5,8-10,14H,6-7H2,1-2H3,(H,15,16). The number of piperazine rings is 1. The lowest BCUT2D eigenvalue weighted by atomic mass is 10.2. The van der Waals surface area contributed by atoms with Crippen LogP contribution in [0.25, 0.3) is 11.0 Å². The summed E-state index contributed by atoms with van der Waals surface area (Å²) in [6.45, 7) is 5.19. The van der Waals surface area contributed by atoms with Crippen molar-refractivity contribution in [1.29, 1.82) is 0 Å². The molecular weight excluding hydrogens is 276 g/mol. The molecule has 2 aromatic rings. The number of hydrogen-bond donors (Lipinski definition) is 2. The fraction of sp³-hybridized carbons (Fsp3) is 0.462. The molecule has 1 fully saturated rings. The Kier molecular flexibility index (Phi) is 3.27. The molecule has 0 bridgehead atoms. The number of aromatic nitrogens is 2. The highest BCUT2D eigenvalue weighted by molar-refractivity contribution is 7.89. The Morgan fingerprint density at radius 1 is 1.30 bits per heavy atom. The largest absolute Gasteiger partial charge is 0.345 e. The van der Waals surface area contributed by atoms with Crippen LogP contribution in [0.4, 0.5) is 0 Å². The predicted octanol–water partition coefficient (Wildman–Crippen LogP) is 0.934. The summed E-state index contributed by atoms with van der Waals surface area (Å²) < 4.78 is 27.5. The maximum Gasteiger partial charge on any atom is 0.245 e. The normalized spacial score (nSPS) is 25.1. The van der Waals surface area contributed by atoms with Crippen molar-refractivity contribution in [2.45, 2.75) is 30.8 Å². The van der Waals surface area contributed by atoms with E-state index < -0.39 is 10.0 Å². The molecule has 2 aromatic heterocycles. The number of fused-ring (bicyclic) bond motifs is 1. The van der Waals surface area contributed by atoms with Crippen molar-refractivity contribution in [2.75, 3.05) is 13.1 Å². The second kappa shape index (κ2) is 4.83. The summed E-state index contributed by atoms with van der Waals surface area (Å²) in [7, 11) is -3.52. The highest BCUT2D eigenvalue weighted by atomic mass is 32.2. The summed E-state index contributed by atoms with van der Waals surface area (Å²) in [5.74, 6) is 0. The van der Waals surface area contributed by atoms with Crippen molar-refractivity contribution in [2.24, 2.45) is 0 Å². The second-order valence-corrected chi connectivity index (χ2v) is 7.06. The van der Waals surface area contributed by atoms with Crippen molar-refractivity contribution in [3.8, 4) is 0 Å². The van der Waals surface area contributed by atoms with Crippen LogP contribution in [0.1, 0.15) is 13.8 Å². The molecule has 0 saturated carbocycles. The Balaban J connectivity index is 2.11. The summed E-state index contributed by atoms with van der Waals surface area (Å²) in [4.78, 5) is 7.38. The topological polar surface area (TPSA) is 78.1 Å². The van der Waals surface area contributed by atoms with Crippen LogP contribution in [0.3, 0.4) is 0 Å².